The lowest BCUT2D eigenvalue weighted by molar-refractivity contribution is -0.385. The van der Waals surface area contributed by atoms with Gasteiger partial charge in [0.05, 0.1) is 22.1 Å². The van der Waals surface area contributed by atoms with Gasteiger partial charge in [0.25, 0.3) is 5.69 Å². The summed E-state index contributed by atoms with van der Waals surface area (Å²) in [7, 11) is 1.47. The number of hydrogen-bond donors (Lipinski definition) is 0. The molecular formula is C22H16N2O5. The molecule has 0 amide bonds. The van der Waals surface area contributed by atoms with Crippen LogP contribution >= 0.6 is 0 Å². The number of ether oxygens (including phenoxy) is 2. The average molecular weight is 388 g/mol. The van der Waals surface area contributed by atoms with Crippen molar-refractivity contribution in [1.29, 1.82) is 5.26 Å². The predicted octanol–water partition coefficient (Wildman–Crippen LogP) is 4.50. The van der Waals surface area contributed by atoms with Crippen LogP contribution in [-0.2, 0) is 4.74 Å². The lowest BCUT2D eigenvalue weighted by Crippen LogP contribution is -2.00. The Morgan fingerprint density at radius 3 is 2.66 bits per heavy atom. The number of nitrogens with zero attached hydrogens (tertiary/aromatic N) is 2. The minimum absolute atomic E-state index is 0.00166. The molecule has 0 aromatic heterocycles. The van der Waals surface area contributed by atoms with Gasteiger partial charge in [0, 0.05) is 18.7 Å². The summed E-state index contributed by atoms with van der Waals surface area (Å²) in [6.07, 6.45) is 2.66. The van der Waals surface area contributed by atoms with Crippen molar-refractivity contribution in [3.8, 4) is 11.8 Å². The summed E-state index contributed by atoms with van der Waals surface area (Å²) >= 11 is 0. The van der Waals surface area contributed by atoms with E-state index < -0.39 is 4.92 Å². The van der Waals surface area contributed by atoms with Crippen LogP contribution in [0.15, 0.2) is 60.7 Å². The zero-order valence-electron chi connectivity index (χ0n) is 15.5. The van der Waals surface area contributed by atoms with Crippen LogP contribution in [0.5, 0.6) is 5.75 Å². The van der Waals surface area contributed by atoms with Crippen LogP contribution in [0.2, 0.25) is 0 Å². The van der Waals surface area contributed by atoms with Crippen molar-refractivity contribution in [3.05, 3.63) is 87.5 Å². The Morgan fingerprint density at radius 1 is 1.14 bits per heavy atom. The first-order valence-electron chi connectivity index (χ1n) is 8.58. The second-order valence-corrected chi connectivity index (χ2v) is 6.11. The third-order valence-corrected chi connectivity index (χ3v) is 4.21. The zero-order chi connectivity index (χ0) is 20.8. The molecule has 144 valence electrons. The Balaban J connectivity index is 1.90. The van der Waals surface area contributed by atoms with E-state index in [1.54, 1.807) is 30.3 Å². The smallest absolute Gasteiger partial charge is 0.276 e. The second-order valence-electron chi connectivity index (χ2n) is 6.11. The van der Waals surface area contributed by atoms with Gasteiger partial charge in [-0.15, -0.1) is 0 Å². The Hall–Kier alpha value is -4.02. The molecule has 0 spiro atoms. The number of allylic oxidation sites excluding steroid dienone is 1. The highest BCUT2D eigenvalue weighted by molar-refractivity contribution is 6.09. The van der Waals surface area contributed by atoms with Crippen LogP contribution < -0.4 is 4.74 Å². The maximum Gasteiger partial charge on any atom is 0.276 e. The van der Waals surface area contributed by atoms with Gasteiger partial charge in [-0.1, -0.05) is 18.2 Å². The van der Waals surface area contributed by atoms with Gasteiger partial charge in [0.1, 0.15) is 5.75 Å². The molecule has 0 aliphatic rings. The monoisotopic (exact) mass is 388 g/mol. The Morgan fingerprint density at radius 2 is 1.93 bits per heavy atom. The number of fused-ring (bicyclic) bond motifs is 1. The number of carbonyl (C=O) groups is 1. The molecule has 7 heteroatoms. The summed E-state index contributed by atoms with van der Waals surface area (Å²) in [5.74, 6) is 0.0751. The lowest BCUT2D eigenvalue weighted by Gasteiger charge is -2.06. The lowest BCUT2D eigenvalue weighted by atomic mass is 10.0. The standard InChI is InChI=1S/C22H16N2O5/c1-28-14-29-20-7-8-21(24(26)27)17(12-20)6-9-22(25)18-5-4-16-3-2-15(13-23)10-19(16)11-18/h2-12H,14H2,1H3/b9-6+. The molecule has 0 bridgehead atoms. The van der Waals surface area contributed by atoms with Gasteiger partial charge >= 0.3 is 0 Å². The first-order valence-corrected chi connectivity index (χ1v) is 8.58. The van der Waals surface area contributed by atoms with Crippen LogP contribution in [0.4, 0.5) is 5.69 Å². The summed E-state index contributed by atoms with van der Waals surface area (Å²) in [6, 6.07) is 16.7. The fraction of sp³-hybridized carbons (Fsp3) is 0.0909. The third kappa shape index (κ3) is 4.64. The van der Waals surface area contributed by atoms with Crippen LogP contribution in [0.25, 0.3) is 16.8 Å². The van der Waals surface area contributed by atoms with Crippen molar-refractivity contribution < 1.29 is 19.2 Å². The molecule has 0 radical (unpaired) electrons. The van der Waals surface area contributed by atoms with Gasteiger partial charge in [0.2, 0.25) is 0 Å². The van der Waals surface area contributed by atoms with E-state index in [0.717, 1.165) is 10.8 Å². The van der Waals surface area contributed by atoms with Gasteiger partial charge in [-0.25, -0.2) is 0 Å². The highest BCUT2D eigenvalue weighted by Crippen LogP contribution is 2.26. The van der Waals surface area contributed by atoms with Crippen LogP contribution in [-0.4, -0.2) is 24.6 Å². The minimum atomic E-state index is -0.524. The molecule has 0 aliphatic carbocycles. The Kier molecular flexibility index (Phi) is 5.97. The van der Waals surface area contributed by atoms with E-state index in [2.05, 4.69) is 6.07 Å². The highest BCUT2D eigenvalue weighted by Gasteiger charge is 2.13. The van der Waals surface area contributed by atoms with Gasteiger partial charge in [-0.2, -0.15) is 5.26 Å². The van der Waals surface area contributed by atoms with Gasteiger partial charge in [-0.05, 0) is 53.3 Å². The summed E-state index contributed by atoms with van der Waals surface area (Å²) in [5, 5.41) is 22.0. The first kappa shape index (κ1) is 19.7. The van der Waals surface area contributed by atoms with Crippen LogP contribution in [0.3, 0.4) is 0 Å². The molecule has 3 aromatic rings. The normalized spacial score (nSPS) is 10.8. The molecule has 0 fully saturated rings. The van der Waals surface area contributed by atoms with Gasteiger partial charge in [-0.3, -0.25) is 14.9 Å². The average Bonchev–Trinajstić information content (AvgIpc) is 2.74. The number of ketones is 1. The van der Waals surface area contributed by atoms with Crippen LogP contribution in [0.1, 0.15) is 21.5 Å². The molecule has 29 heavy (non-hydrogen) atoms. The van der Waals surface area contributed by atoms with Crippen molar-refractivity contribution in [2.75, 3.05) is 13.9 Å². The zero-order valence-corrected chi connectivity index (χ0v) is 15.5. The maximum atomic E-state index is 12.6. The number of hydrogen-bond acceptors (Lipinski definition) is 6. The number of methoxy groups -OCH3 is 1. The summed E-state index contributed by atoms with van der Waals surface area (Å²) < 4.78 is 10.1. The molecule has 0 N–H and O–H groups in total. The quantitative estimate of drug-likeness (QED) is 0.194. The van der Waals surface area contributed by atoms with Crippen molar-refractivity contribution in [2.45, 2.75) is 0 Å². The topological polar surface area (TPSA) is 102 Å². The third-order valence-electron chi connectivity index (χ3n) is 4.21. The fourth-order valence-electron chi connectivity index (χ4n) is 2.78. The van der Waals surface area contributed by atoms with E-state index in [1.807, 2.05) is 6.07 Å². The molecule has 7 nitrogen and oxygen atoms in total. The molecule has 0 aliphatic heterocycles. The van der Waals surface area contributed by atoms with Crippen molar-refractivity contribution in [3.63, 3.8) is 0 Å². The number of rotatable bonds is 7. The molecule has 3 aromatic carbocycles. The Bertz CT molecular complexity index is 1160. The fourth-order valence-corrected chi connectivity index (χ4v) is 2.78. The predicted molar refractivity (Wildman–Crippen MR) is 108 cm³/mol. The molecule has 0 atom stereocenters. The molecular weight excluding hydrogens is 372 g/mol. The number of nitro groups is 1. The van der Waals surface area contributed by atoms with E-state index >= 15 is 0 Å². The minimum Gasteiger partial charge on any atom is -0.468 e. The second kappa shape index (κ2) is 8.78. The molecule has 0 unspecified atom stereocenters. The molecule has 3 rings (SSSR count). The van der Waals surface area contributed by atoms with E-state index in [1.165, 1.54) is 37.5 Å². The van der Waals surface area contributed by atoms with Gasteiger partial charge < -0.3 is 9.47 Å². The number of benzene rings is 3. The van der Waals surface area contributed by atoms with E-state index in [9.17, 15) is 14.9 Å². The maximum absolute atomic E-state index is 12.6. The van der Waals surface area contributed by atoms with E-state index in [4.69, 9.17) is 14.7 Å². The van der Waals surface area contributed by atoms with Crippen LogP contribution in [0, 0.1) is 21.4 Å². The summed E-state index contributed by atoms with van der Waals surface area (Å²) in [4.78, 5) is 23.3. The number of carbonyl (C=O) groups excluding carboxylic acids is 1. The molecule has 0 heterocycles. The first-order chi connectivity index (χ1) is 14.0. The summed E-state index contributed by atoms with van der Waals surface area (Å²) in [5.41, 5.74) is 1.01. The Labute approximate surface area is 166 Å². The number of nitriles is 1. The number of nitro benzene ring substituents is 1. The van der Waals surface area contributed by atoms with Crippen molar-refractivity contribution in [2.24, 2.45) is 0 Å². The molecule has 0 saturated carbocycles. The summed E-state index contributed by atoms with van der Waals surface area (Å²) in [6.45, 7) is 0.00166. The van der Waals surface area contributed by atoms with Crippen molar-refractivity contribution in [1.82, 2.24) is 0 Å². The highest BCUT2D eigenvalue weighted by atomic mass is 16.7. The largest absolute Gasteiger partial charge is 0.468 e. The van der Waals surface area contributed by atoms with Gasteiger partial charge in [0.15, 0.2) is 12.6 Å². The van der Waals surface area contributed by atoms with E-state index in [-0.39, 0.29) is 23.8 Å². The SMILES string of the molecule is COCOc1ccc([N+](=O)[O-])c(/C=C/C(=O)c2ccc3ccc(C#N)cc3c2)c1. The van der Waals surface area contributed by atoms with E-state index in [0.29, 0.717) is 16.9 Å². The van der Waals surface area contributed by atoms with Crippen molar-refractivity contribution >= 4 is 28.3 Å². The molecule has 0 saturated heterocycles.